The average molecular weight is 623 g/mol. The lowest BCUT2D eigenvalue weighted by molar-refractivity contribution is 0.0808. The van der Waals surface area contributed by atoms with Crippen molar-refractivity contribution < 1.29 is 19.8 Å². The predicted octanol–water partition coefficient (Wildman–Crippen LogP) is 4.88. The third-order valence-electron chi connectivity index (χ3n) is 7.23. The van der Waals surface area contributed by atoms with E-state index in [2.05, 4.69) is 20.5 Å². The van der Waals surface area contributed by atoms with Crippen LogP contribution in [0.25, 0.3) is 11.1 Å². The van der Waals surface area contributed by atoms with E-state index >= 15 is 0 Å². The number of piperidine rings is 1. The number of phenols is 1. The van der Waals surface area contributed by atoms with Gasteiger partial charge in [-0.2, -0.15) is 0 Å². The van der Waals surface area contributed by atoms with Crippen LogP contribution in [0.3, 0.4) is 0 Å². The van der Waals surface area contributed by atoms with Gasteiger partial charge in [-0.05, 0) is 60.9 Å². The number of phenolic OH excluding ortho intramolecular Hbond substituents is 1. The maximum atomic E-state index is 13.2. The second kappa shape index (κ2) is 13.4. The van der Waals surface area contributed by atoms with Crippen LogP contribution in [-0.4, -0.2) is 62.2 Å². The number of nitrogens with zero attached hydrogens (tertiary/aromatic N) is 3. The molecular formula is C31H29Cl2N5O5. The van der Waals surface area contributed by atoms with E-state index in [1.54, 1.807) is 47.2 Å². The molecule has 5 rings (SSSR count). The molecule has 2 aromatic carbocycles. The fourth-order valence-corrected chi connectivity index (χ4v) is 5.17. The largest absolute Gasteiger partial charge is 0.506 e. The number of amides is 2. The number of halogens is 2. The van der Waals surface area contributed by atoms with E-state index in [-0.39, 0.29) is 39.3 Å². The van der Waals surface area contributed by atoms with Crippen molar-refractivity contribution in [1.29, 1.82) is 0 Å². The maximum absolute atomic E-state index is 13.2. The van der Waals surface area contributed by atoms with E-state index in [9.17, 15) is 24.6 Å². The van der Waals surface area contributed by atoms with Gasteiger partial charge < -0.3 is 30.3 Å². The Hall–Kier alpha value is -4.22. The minimum absolute atomic E-state index is 0.0720. The molecule has 3 heterocycles. The number of aromatic hydroxyl groups is 1. The quantitative estimate of drug-likeness (QED) is 0.206. The number of aliphatic hydroxyl groups excluding tert-OH is 1. The lowest BCUT2D eigenvalue weighted by Crippen LogP contribution is -2.38. The summed E-state index contributed by atoms with van der Waals surface area (Å²) in [4.78, 5) is 45.6. The number of hydrogen-bond acceptors (Lipinski definition) is 7. The molecule has 1 aliphatic heterocycles. The third kappa shape index (κ3) is 7.41. The van der Waals surface area contributed by atoms with E-state index in [0.717, 1.165) is 25.9 Å². The Morgan fingerprint density at radius 3 is 2.37 bits per heavy atom. The zero-order valence-electron chi connectivity index (χ0n) is 23.0. The van der Waals surface area contributed by atoms with Crippen molar-refractivity contribution in [3.8, 4) is 16.9 Å². The monoisotopic (exact) mass is 621 g/mol. The van der Waals surface area contributed by atoms with Crippen molar-refractivity contribution in [2.45, 2.75) is 25.5 Å². The molecule has 0 saturated carbocycles. The molecule has 4 N–H and O–H groups in total. The van der Waals surface area contributed by atoms with Gasteiger partial charge in [-0.25, -0.2) is 4.98 Å². The standard InChI is InChI=1S/C31H29Cl2N5O5/c32-21-7-8-27(34-18-21)35-30(42)25-16-22(33)17-26(40)28(25)36-29(41)20-5-3-19(4-6-20)24-2-1-11-38(31(24)43)15-14-37-12-9-23(39)10-13-37/h1-8,11,16-18,23,39-40H,9-10,12-15H2,(H,36,41)(H,34,35,42). The Balaban J connectivity index is 1.30. The Morgan fingerprint density at radius 1 is 0.930 bits per heavy atom. The van der Waals surface area contributed by atoms with Crippen molar-refractivity contribution in [3.05, 3.63) is 105 Å². The third-order valence-corrected chi connectivity index (χ3v) is 7.67. The van der Waals surface area contributed by atoms with Crippen molar-refractivity contribution in [2.75, 3.05) is 30.3 Å². The molecule has 0 bridgehead atoms. The van der Waals surface area contributed by atoms with Gasteiger partial charge in [-0.1, -0.05) is 35.3 Å². The van der Waals surface area contributed by atoms with Crippen molar-refractivity contribution in [2.24, 2.45) is 0 Å². The van der Waals surface area contributed by atoms with Crippen LogP contribution < -0.4 is 16.2 Å². The Morgan fingerprint density at radius 2 is 1.67 bits per heavy atom. The molecule has 43 heavy (non-hydrogen) atoms. The van der Waals surface area contributed by atoms with Crippen LogP contribution in [0, 0.1) is 0 Å². The number of anilines is 2. The molecule has 12 heteroatoms. The normalized spacial score (nSPS) is 13.9. The van der Waals surface area contributed by atoms with E-state index in [4.69, 9.17) is 23.2 Å². The van der Waals surface area contributed by atoms with Gasteiger partial charge in [0.25, 0.3) is 17.4 Å². The van der Waals surface area contributed by atoms with Gasteiger partial charge in [0.1, 0.15) is 11.6 Å². The molecule has 0 radical (unpaired) electrons. The number of rotatable bonds is 8. The molecular weight excluding hydrogens is 593 g/mol. The number of benzene rings is 2. The number of hydrogen-bond donors (Lipinski definition) is 4. The van der Waals surface area contributed by atoms with Crippen LogP contribution in [0.15, 0.2) is 77.9 Å². The van der Waals surface area contributed by atoms with Crippen LogP contribution in [0.2, 0.25) is 10.0 Å². The first-order chi connectivity index (χ1) is 20.7. The van der Waals surface area contributed by atoms with Crippen molar-refractivity contribution in [3.63, 3.8) is 0 Å². The van der Waals surface area contributed by atoms with Crippen LogP contribution in [0.5, 0.6) is 5.75 Å². The van der Waals surface area contributed by atoms with E-state index in [1.807, 2.05) is 6.07 Å². The SMILES string of the molecule is O=C(Nc1c(O)cc(Cl)cc1C(=O)Nc1ccc(Cl)cn1)c1ccc(-c2cccn(CCN3CCC(O)CC3)c2=O)cc1. The molecule has 222 valence electrons. The molecule has 4 aromatic rings. The van der Waals surface area contributed by atoms with Crippen LogP contribution in [-0.2, 0) is 6.54 Å². The van der Waals surface area contributed by atoms with Gasteiger partial charge in [0.05, 0.1) is 22.4 Å². The summed E-state index contributed by atoms with van der Waals surface area (Å²) >= 11 is 11.9. The summed E-state index contributed by atoms with van der Waals surface area (Å²) in [6.45, 7) is 2.85. The number of nitrogens with one attached hydrogen (secondary N) is 2. The van der Waals surface area contributed by atoms with E-state index in [0.29, 0.717) is 29.2 Å². The summed E-state index contributed by atoms with van der Waals surface area (Å²) in [7, 11) is 0. The molecule has 0 atom stereocenters. The summed E-state index contributed by atoms with van der Waals surface area (Å²) in [6.07, 6.45) is 4.35. The highest BCUT2D eigenvalue weighted by molar-refractivity contribution is 6.32. The fourth-order valence-electron chi connectivity index (χ4n) is 4.85. The summed E-state index contributed by atoms with van der Waals surface area (Å²) in [5.74, 6) is -1.42. The molecule has 0 spiro atoms. The van der Waals surface area contributed by atoms with Gasteiger partial charge >= 0.3 is 0 Å². The second-order valence-corrected chi connectivity index (χ2v) is 11.1. The summed E-state index contributed by atoms with van der Waals surface area (Å²) < 4.78 is 1.66. The van der Waals surface area contributed by atoms with Crippen LogP contribution in [0.4, 0.5) is 11.5 Å². The number of carbonyl (C=O) groups excluding carboxylic acids is 2. The van der Waals surface area contributed by atoms with Crippen molar-refractivity contribution >= 4 is 46.5 Å². The predicted molar refractivity (Wildman–Crippen MR) is 166 cm³/mol. The highest BCUT2D eigenvalue weighted by Gasteiger charge is 2.21. The summed E-state index contributed by atoms with van der Waals surface area (Å²) in [6, 6.07) is 15.6. The number of aromatic nitrogens is 2. The molecule has 1 saturated heterocycles. The fraction of sp³-hybridized carbons (Fsp3) is 0.226. The van der Waals surface area contributed by atoms with Gasteiger partial charge in [0.2, 0.25) is 0 Å². The molecule has 1 aliphatic rings. The first-order valence-corrected chi connectivity index (χ1v) is 14.4. The first-order valence-electron chi connectivity index (χ1n) is 13.6. The maximum Gasteiger partial charge on any atom is 0.259 e. The molecule has 2 aromatic heterocycles. The number of aliphatic hydroxyl groups is 1. The summed E-state index contributed by atoms with van der Waals surface area (Å²) in [5, 5.41) is 25.9. The first kappa shape index (κ1) is 30.2. The molecule has 10 nitrogen and oxygen atoms in total. The Labute approximate surface area is 257 Å². The van der Waals surface area contributed by atoms with Crippen LogP contribution >= 0.6 is 23.2 Å². The topological polar surface area (TPSA) is 137 Å². The zero-order valence-corrected chi connectivity index (χ0v) is 24.5. The zero-order chi connectivity index (χ0) is 30.5. The smallest absolute Gasteiger partial charge is 0.259 e. The van der Waals surface area contributed by atoms with Crippen LogP contribution in [0.1, 0.15) is 33.6 Å². The summed E-state index contributed by atoms with van der Waals surface area (Å²) in [5.41, 5.74) is 1.04. The van der Waals surface area contributed by atoms with E-state index < -0.39 is 17.6 Å². The molecule has 2 amide bonds. The average Bonchev–Trinajstić information content (AvgIpc) is 3.00. The number of likely N-dealkylation sites (tertiary alicyclic amines) is 1. The van der Waals surface area contributed by atoms with E-state index in [1.165, 1.54) is 24.4 Å². The highest BCUT2D eigenvalue weighted by Crippen LogP contribution is 2.33. The molecule has 0 unspecified atom stereocenters. The minimum Gasteiger partial charge on any atom is -0.506 e. The lowest BCUT2D eigenvalue weighted by Gasteiger charge is -2.29. The van der Waals surface area contributed by atoms with Gasteiger partial charge in [-0.3, -0.25) is 14.4 Å². The van der Waals surface area contributed by atoms with Gasteiger partial charge in [0, 0.05) is 60.8 Å². The number of pyridine rings is 2. The second-order valence-electron chi connectivity index (χ2n) is 10.2. The lowest BCUT2D eigenvalue weighted by atomic mass is 10.0. The van der Waals surface area contributed by atoms with Gasteiger partial charge in [0.15, 0.2) is 0 Å². The Kier molecular flexibility index (Phi) is 9.42. The Bertz CT molecular complexity index is 1680. The van der Waals surface area contributed by atoms with Crippen molar-refractivity contribution in [1.82, 2.24) is 14.5 Å². The number of carbonyl (C=O) groups is 2. The highest BCUT2D eigenvalue weighted by atomic mass is 35.5. The minimum atomic E-state index is -0.656. The molecule has 1 fully saturated rings. The molecule has 0 aliphatic carbocycles. The van der Waals surface area contributed by atoms with Gasteiger partial charge in [-0.15, -0.1) is 0 Å².